The molecule has 2 aliphatic rings. The van der Waals surface area contributed by atoms with Crippen molar-refractivity contribution in [3.63, 3.8) is 0 Å². The highest BCUT2D eigenvalue weighted by atomic mass is 35.5. The SMILES string of the molecule is COc1cc(OC)c(Cl)c(-c2ccc3c(n2)CN=C3NC(=O)c2ccc(N3C[C@@H](C)N[C@@H](C)C3)cc2)c1. The maximum atomic E-state index is 13.0. The van der Waals surface area contributed by atoms with E-state index in [4.69, 9.17) is 26.1 Å². The molecule has 1 amide bonds. The number of amides is 1. The van der Waals surface area contributed by atoms with E-state index in [0.29, 0.717) is 57.8 Å². The van der Waals surface area contributed by atoms with Crippen LogP contribution in [-0.4, -0.2) is 56.1 Å². The first kappa shape index (κ1) is 25.0. The van der Waals surface area contributed by atoms with Gasteiger partial charge in [0.25, 0.3) is 5.91 Å². The number of nitrogens with one attached hydrogen (secondary N) is 2. The number of rotatable bonds is 5. The Hall–Kier alpha value is -3.62. The molecule has 1 aromatic heterocycles. The Bertz CT molecular complexity index is 1350. The molecule has 2 aromatic carbocycles. The molecule has 0 bridgehead atoms. The van der Waals surface area contributed by atoms with Crippen molar-refractivity contribution in [1.82, 2.24) is 15.6 Å². The summed E-state index contributed by atoms with van der Waals surface area (Å²) in [5.74, 6) is 1.44. The Morgan fingerprint density at radius 3 is 2.43 bits per heavy atom. The largest absolute Gasteiger partial charge is 0.497 e. The molecule has 0 unspecified atom stereocenters. The molecule has 0 spiro atoms. The third-order valence-electron chi connectivity index (χ3n) is 6.64. The predicted octanol–water partition coefficient (Wildman–Crippen LogP) is 4.30. The van der Waals surface area contributed by atoms with E-state index >= 15 is 0 Å². The molecule has 37 heavy (non-hydrogen) atoms. The molecule has 5 rings (SSSR count). The number of ether oxygens (including phenoxy) is 2. The Balaban J connectivity index is 1.31. The molecule has 2 aliphatic heterocycles. The summed E-state index contributed by atoms with van der Waals surface area (Å²) in [5, 5.41) is 6.95. The Kier molecular flexibility index (Phi) is 7.04. The highest BCUT2D eigenvalue weighted by molar-refractivity contribution is 6.34. The number of fused-ring (bicyclic) bond motifs is 1. The number of aromatic nitrogens is 1. The first-order valence-electron chi connectivity index (χ1n) is 12.2. The van der Waals surface area contributed by atoms with Gasteiger partial charge in [-0.15, -0.1) is 0 Å². The van der Waals surface area contributed by atoms with Gasteiger partial charge >= 0.3 is 0 Å². The van der Waals surface area contributed by atoms with Gasteiger partial charge in [-0.25, -0.2) is 0 Å². The molecule has 2 atom stereocenters. The molecule has 0 aliphatic carbocycles. The van der Waals surface area contributed by atoms with Crippen molar-refractivity contribution < 1.29 is 14.3 Å². The van der Waals surface area contributed by atoms with Gasteiger partial charge in [0, 0.05) is 53.6 Å². The second-order valence-corrected chi connectivity index (χ2v) is 9.80. The number of carbonyl (C=O) groups excluding carboxylic acids is 1. The lowest BCUT2D eigenvalue weighted by Crippen LogP contribution is -2.54. The van der Waals surface area contributed by atoms with E-state index in [-0.39, 0.29) is 5.91 Å². The number of piperazine rings is 1. The van der Waals surface area contributed by atoms with Crippen LogP contribution in [-0.2, 0) is 6.54 Å². The molecule has 1 saturated heterocycles. The number of anilines is 1. The van der Waals surface area contributed by atoms with Gasteiger partial charge in [0.2, 0.25) is 0 Å². The third kappa shape index (κ3) is 5.12. The summed E-state index contributed by atoms with van der Waals surface area (Å²) >= 11 is 6.55. The van der Waals surface area contributed by atoms with E-state index in [1.807, 2.05) is 42.5 Å². The zero-order valence-corrected chi connectivity index (χ0v) is 22.1. The fourth-order valence-corrected chi connectivity index (χ4v) is 5.18. The summed E-state index contributed by atoms with van der Waals surface area (Å²) < 4.78 is 10.8. The second kappa shape index (κ2) is 10.4. The molecule has 3 aromatic rings. The molecule has 3 heterocycles. The van der Waals surface area contributed by atoms with E-state index in [1.165, 1.54) is 0 Å². The van der Waals surface area contributed by atoms with E-state index in [2.05, 4.69) is 34.4 Å². The summed E-state index contributed by atoms with van der Waals surface area (Å²) in [4.78, 5) is 24.6. The van der Waals surface area contributed by atoms with Crippen molar-refractivity contribution in [2.75, 3.05) is 32.2 Å². The number of carbonyl (C=O) groups is 1. The van der Waals surface area contributed by atoms with Gasteiger partial charge in [0.1, 0.15) is 17.3 Å². The minimum absolute atomic E-state index is 0.204. The first-order valence-corrected chi connectivity index (χ1v) is 12.6. The zero-order chi connectivity index (χ0) is 26.1. The van der Waals surface area contributed by atoms with Gasteiger partial charge in [0.05, 0.1) is 37.2 Å². The fraction of sp³-hybridized carbons (Fsp3) is 0.321. The van der Waals surface area contributed by atoms with Crippen LogP contribution in [0.15, 0.2) is 53.5 Å². The number of hydrogen-bond donors (Lipinski definition) is 2. The van der Waals surface area contributed by atoms with E-state index in [0.717, 1.165) is 30.0 Å². The van der Waals surface area contributed by atoms with Gasteiger partial charge in [0.15, 0.2) is 0 Å². The van der Waals surface area contributed by atoms with Crippen LogP contribution in [0.5, 0.6) is 11.5 Å². The normalized spacial score (nSPS) is 18.7. The van der Waals surface area contributed by atoms with Crippen LogP contribution in [0.2, 0.25) is 5.02 Å². The highest BCUT2D eigenvalue weighted by Gasteiger charge is 2.23. The average Bonchev–Trinajstić information content (AvgIpc) is 3.30. The summed E-state index contributed by atoms with van der Waals surface area (Å²) in [5.41, 5.74) is 4.63. The molecule has 8 nitrogen and oxygen atoms in total. The van der Waals surface area contributed by atoms with Crippen molar-refractivity contribution in [3.05, 3.63) is 70.4 Å². The van der Waals surface area contributed by atoms with Crippen LogP contribution >= 0.6 is 11.6 Å². The summed E-state index contributed by atoms with van der Waals surface area (Å²) in [6.45, 7) is 6.61. The average molecular weight is 520 g/mol. The van der Waals surface area contributed by atoms with Gasteiger partial charge < -0.3 is 25.0 Å². The summed E-state index contributed by atoms with van der Waals surface area (Å²) in [7, 11) is 3.15. The molecular weight excluding hydrogens is 490 g/mol. The van der Waals surface area contributed by atoms with Crippen LogP contribution in [0.4, 0.5) is 5.69 Å². The Labute approximate surface area is 221 Å². The quantitative estimate of drug-likeness (QED) is 0.522. The first-order chi connectivity index (χ1) is 17.9. The number of benzene rings is 2. The van der Waals surface area contributed by atoms with Crippen molar-refractivity contribution >= 4 is 29.0 Å². The number of aliphatic imine (C=N–C) groups is 1. The van der Waals surface area contributed by atoms with E-state index in [1.54, 1.807) is 20.3 Å². The monoisotopic (exact) mass is 519 g/mol. The van der Waals surface area contributed by atoms with Gasteiger partial charge in [-0.1, -0.05) is 11.6 Å². The smallest absolute Gasteiger partial charge is 0.256 e. The standard InChI is InChI=1S/C28H30ClN5O3/c1-16-14-34(15-17(2)31-16)19-7-5-18(6-8-19)28(35)33-27-21-9-10-23(32-24(21)13-30-27)22-11-20(36-3)12-25(37-4)26(22)29/h5-12,16-17,31H,13-15H2,1-4H3,(H,30,33,35)/t16-,17+. The van der Waals surface area contributed by atoms with Crippen LogP contribution in [0, 0.1) is 0 Å². The molecule has 1 fully saturated rings. The van der Waals surface area contributed by atoms with Crippen molar-refractivity contribution in [1.29, 1.82) is 0 Å². The Morgan fingerprint density at radius 2 is 1.76 bits per heavy atom. The maximum Gasteiger partial charge on any atom is 0.256 e. The molecule has 192 valence electrons. The molecular formula is C28H30ClN5O3. The fourth-order valence-electron chi connectivity index (χ4n) is 4.90. The van der Waals surface area contributed by atoms with Crippen LogP contribution in [0.3, 0.4) is 0 Å². The van der Waals surface area contributed by atoms with E-state index in [9.17, 15) is 4.79 Å². The molecule has 0 radical (unpaired) electrons. The summed E-state index contributed by atoms with van der Waals surface area (Å²) in [6, 6.07) is 15.9. The number of methoxy groups -OCH3 is 2. The zero-order valence-electron chi connectivity index (χ0n) is 21.3. The molecule has 0 saturated carbocycles. The number of hydrogen-bond acceptors (Lipinski definition) is 7. The van der Waals surface area contributed by atoms with Crippen molar-refractivity contribution in [2.24, 2.45) is 4.99 Å². The summed E-state index contributed by atoms with van der Waals surface area (Å²) in [6.07, 6.45) is 0. The number of amidine groups is 1. The van der Waals surface area contributed by atoms with Crippen LogP contribution in [0.1, 0.15) is 35.5 Å². The van der Waals surface area contributed by atoms with Gasteiger partial charge in [-0.2, -0.15) is 0 Å². The molecule has 2 N–H and O–H groups in total. The predicted molar refractivity (Wildman–Crippen MR) is 146 cm³/mol. The lowest BCUT2D eigenvalue weighted by atomic mass is 10.1. The minimum Gasteiger partial charge on any atom is -0.497 e. The van der Waals surface area contributed by atoms with Crippen molar-refractivity contribution in [3.8, 4) is 22.8 Å². The van der Waals surface area contributed by atoms with Gasteiger partial charge in [-0.3, -0.25) is 14.8 Å². The lowest BCUT2D eigenvalue weighted by Gasteiger charge is -2.37. The van der Waals surface area contributed by atoms with Crippen LogP contribution in [0.25, 0.3) is 11.3 Å². The number of pyridine rings is 1. The number of halogens is 1. The van der Waals surface area contributed by atoms with Crippen LogP contribution < -0.4 is 25.0 Å². The third-order valence-corrected chi connectivity index (χ3v) is 7.03. The van der Waals surface area contributed by atoms with E-state index < -0.39 is 0 Å². The minimum atomic E-state index is -0.204. The lowest BCUT2D eigenvalue weighted by molar-refractivity contribution is 0.0977. The Morgan fingerprint density at radius 1 is 1.03 bits per heavy atom. The maximum absolute atomic E-state index is 13.0. The molecule has 9 heteroatoms. The van der Waals surface area contributed by atoms with Gasteiger partial charge in [-0.05, 0) is 56.3 Å². The highest BCUT2D eigenvalue weighted by Crippen LogP contribution is 2.39. The number of nitrogens with zero attached hydrogens (tertiary/aromatic N) is 3. The van der Waals surface area contributed by atoms with Crippen molar-refractivity contribution in [2.45, 2.75) is 32.5 Å². The second-order valence-electron chi connectivity index (χ2n) is 9.42. The topological polar surface area (TPSA) is 88.1 Å².